The zero-order valence-corrected chi connectivity index (χ0v) is 5.78. The van der Waals surface area contributed by atoms with Crippen LogP contribution in [0.25, 0.3) is 0 Å². The van der Waals surface area contributed by atoms with Gasteiger partial charge < -0.3 is 0 Å². The molecule has 7 heavy (non-hydrogen) atoms. The zero-order valence-electron chi connectivity index (χ0n) is 4.89. The summed E-state index contributed by atoms with van der Waals surface area (Å²) in [4.78, 5) is 0. The van der Waals surface area contributed by atoms with E-state index in [4.69, 9.17) is 0 Å². The fourth-order valence-corrected chi connectivity index (χ4v) is 0.455. The van der Waals surface area contributed by atoms with Crippen LogP contribution in [-0.4, -0.2) is 5.25 Å². The van der Waals surface area contributed by atoms with Crippen molar-refractivity contribution in [2.75, 3.05) is 0 Å². The summed E-state index contributed by atoms with van der Waals surface area (Å²) < 4.78 is 0. The van der Waals surface area contributed by atoms with Crippen LogP contribution in [0.4, 0.5) is 0 Å². The third kappa shape index (κ3) is 6.09. The molecule has 0 aliphatic rings. The second-order valence-corrected chi connectivity index (χ2v) is 2.39. The molecular formula is C6H12S. The van der Waals surface area contributed by atoms with Gasteiger partial charge in [0.2, 0.25) is 0 Å². The lowest BCUT2D eigenvalue weighted by Crippen LogP contribution is -1.78. The molecule has 0 rings (SSSR count). The number of allylic oxidation sites excluding steroid dienone is 1. The van der Waals surface area contributed by atoms with Crippen LogP contribution in [-0.2, 0) is 0 Å². The number of hydrogen-bond acceptors (Lipinski definition) is 1. The SMILES string of the molecule is CCC=CC(C)S. The van der Waals surface area contributed by atoms with Gasteiger partial charge in [-0.15, -0.1) is 0 Å². The molecule has 0 spiro atoms. The second kappa shape index (κ2) is 4.25. The van der Waals surface area contributed by atoms with Crippen molar-refractivity contribution in [2.24, 2.45) is 0 Å². The van der Waals surface area contributed by atoms with E-state index in [1.165, 1.54) is 0 Å². The maximum Gasteiger partial charge on any atom is 0.0168 e. The minimum atomic E-state index is 0.417. The van der Waals surface area contributed by atoms with Gasteiger partial charge in [-0.3, -0.25) is 0 Å². The van der Waals surface area contributed by atoms with E-state index >= 15 is 0 Å². The van der Waals surface area contributed by atoms with Crippen LogP contribution >= 0.6 is 12.6 Å². The first kappa shape index (κ1) is 7.09. The molecule has 0 aromatic heterocycles. The average molecular weight is 116 g/mol. The van der Waals surface area contributed by atoms with Gasteiger partial charge in [-0.25, -0.2) is 0 Å². The van der Waals surface area contributed by atoms with E-state index in [1.54, 1.807) is 0 Å². The Bertz CT molecular complexity index is 55.2. The molecule has 0 radical (unpaired) electrons. The standard InChI is InChI=1S/C6H12S/c1-3-4-5-6(2)7/h4-7H,3H2,1-2H3. The molecular weight excluding hydrogens is 104 g/mol. The molecule has 1 atom stereocenters. The second-order valence-electron chi connectivity index (χ2n) is 1.58. The summed E-state index contributed by atoms with van der Waals surface area (Å²) in [7, 11) is 0. The van der Waals surface area contributed by atoms with E-state index in [1.807, 2.05) is 0 Å². The lowest BCUT2D eigenvalue weighted by molar-refractivity contribution is 1.17. The Hall–Kier alpha value is 0.0900. The highest BCUT2D eigenvalue weighted by Crippen LogP contribution is 1.93. The molecule has 0 N–H and O–H groups in total. The van der Waals surface area contributed by atoms with Gasteiger partial charge in [-0.05, 0) is 6.42 Å². The third-order valence-electron chi connectivity index (χ3n) is 0.650. The maximum atomic E-state index is 4.15. The van der Waals surface area contributed by atoms with E-state index in [0.717, 1.165) is 6.42 Å². The summed E-state index contributed by atoms with van der Waals surface area (Å²) in [5.74, 6) is 0. The van der Waals surface area contributed by atoms with Gasteiger partial charge in [0.1, 0.15) is 0 Å². The van der Waals surface area contributed by atoms with Crippen molar-refractivity contribution in [3.63, 3.8) is 0 Å². The van der Waals surface area contributed by atoms with Gasteiger partial charge in [-0.2, -0.15) is 12.6 Å². The van der Waals surface area contributed by atoms with Crippen LogP contribution < -0.4 is 0 Å². The maximum absolute atomic E-state index is 4.15. The van der Waals surface area contributed by atoms with Crippen molar-refractivity contribution in [3.8, 4) is 0 Å². The first-order chi connectivity index (χ1) is 3.27. The molecule has 0 saturated heterocycles. The van der Waals surface area contributed by atoms with Gasteiger partial charge in [-0.1, -0.05) is 26.0 Å². The largest absolute Gasteiger partial charge is 0.172 e. The minimum absolute atomic E-state index is 0.417. The lowest BCUT2D eigenvalue weighted by atomic mass is 10.3. The number of thiol groups is 1. The van der Waals surface area contributed by atoms with Crippen LogP contribution in [0.2, 0.25) is 0 Å². The molecule has 0 aromatic rings. The molecule has 0 saturated carbocycles. The van der Waals surface area contributed by atoms with Crippen molar-refractivity contribution in [3.05, 3.63) is 12.2 Å². The Morgan fingerprint density at radius 1 is 1.71 bits per heavy atom. The van der Waals surface area contributed by atoms with Crippen LogP contribution in [0.3, 0.4) is 0 Å². The molecule has 0 amide bonds. The van der Waals surface area contributed by atoms with E-state index < -0.39 is 0 Å². The van der Waals surface area contributed by atoms with E-state index in [2.05, 4.69) is 38.6 Å². The Labute approximate surface area is 51.0 Å². The van der Waals surface area contributed by atoms with Gasteiger partial charge in [0, 0.05) is 5.25 Å². The summed E-state index contributed by atoms with van der Waals surface area (Å²) in [5, 5.41) is 0.417. The molecule has 0 aromatic carbocycles. The summed E-state index contributed by atoms with van der Waals surface area (Å²) in [5.41, 5.74) is 0. The fraction of sp³-hybridized carbons (Fsp3) is 0.667. The van der Waals surface area contributed by atoms with Gasteiger partial charge in [0.25, 0.3) is 0 Å². The van der Waals surface area contributed by atoms with Crippen molar-refractivity contribution in [1.82, 2.24) is 0 Å². The van der Waals surface area contributed by atoms with Crippen LogP contribution in [0.15, 0.2) is 12.2 Å². The third-order valence-corrected chi connectivity index (χ3v) is 0.822. The lowest BCUT2D eigenvalue weighted by Gasteiger charge is -1.88. The molecule has 0 bridgehead atoms. The number of rotatable bonds is 2. The molecule has 0 aliphatic heterocycles. The van der Waals surface area contributed by atoms with E-state index in [9.17, 15) is 0 Å². The summed E-state index contributed by atoms with van der Waals surface area (Å²) in [6, 6.07) is 0. The molecule has 0 fully saturated rings. The van der Waals surface area contributed by atoms with Gasteiger partial charge in [0.15, 0.2) is 0 Å². The predicted molar refractivity (Wildman–Crippen MR) is 37.9 cm³/mol. The van der Waals surface area contributed by atoms with Gasteiger partial charge in [0.05, 0.1) is 0 Å². The smallest absolute Gasteiger partial charge is 0.0168 e. The Morgan fingerprint density at radius 2 is 2.29 bits per heavy atom. The van der Waals surface area contributed by atoms with Crippen molar-refractivity contribution in [2.45, 2.75) is 25.5 Å². The van der Waals surface area contributed by atoms with Crippen LogP contribution in [0, 0.1) is 0 Å². The topological polar surface area (TPSA) is 0 Å². The molecule has 0 nitrogen and oxygen atoms in total. The quantitative estimate of drug-likeness (QED) is 0.415. The molecule has 42 valence electrons. The minimum Gasteiger partial charge on any atom is -0.172 e. The monoisotopic (exact) mass is 116 g/mol. The van der Waals surface area contributed by atoms with Crippen molar-refractivity contribution >= 4 is 12.6 Å². The Kier molecular flexibility index (Phi) is 4.31. The van der Waals surface area contributed by atoms with Crippen LogP contribution in [0.5, 0.6) is 0 Å². The summed E-state index contributed by atoms with van der Waals surface area (Å²) >= 11 is 4.15. The first-order valence-corrected chi connectivity index (χ1v) is 3.13. The molecule has 0 heterocycles. The first-order valence-electron chi connectivity index (χ1n) is 2.62. The normalized spacial score (nSPS) is 15.3. The van der Waals surface area contributed by atoms with Crippen LogP contribution in [0.1, 0.15) is 20.3 Å². The molecule has 1 heteroatoms. The number of hydrogen-bond donors (Lipinski definition) is 1. The fourth-order valence-electron chi connectivity index (χ4n) is 0.333. The van der Waals surface area contributed by atoms with E-state index in [0.29, 0.717) is 5.25 Å². The van der Waals surface area contributed by atoms with E-state index in [-0.39, 0.29) is 0 Å². The Balaban J connectivity index is 3.08. The molecule has 0 aliphatic carbocycles. The highest BCUT2D eigenvalue weighted by molar-refractivity contribution is 7.81. The zero-order chi connectivity index (χ0) is 5.70. The van der Waals surface area contributed by atoms with Gasteiger partial charge >= 0.3 is 0 Å². The summed E-state index contributed by atoms with van der Waals surface area (Å²) in [6.45, 7) is 4.17. The van der Waals surface area contributed by atoms with Crippen molar-refractivity contribution in [1.29, 1.82) is 0 Å². The van der Waals surface area contributed by atoms with Crippen molar-refractivity contribution < 1.29 is 0 Å². The average Bonchev–Trinajstić information content (AvgIpc) is 1.61. The highest BCUT2D eigenvalue weighted by Gasteiger charge is 1.79. The molecule has 1 unspecified atom stereocenters. The predicted octanol–water partition coefficient (Wildman–Crippen LogP) is 2.27. The highest BCUT2D eigenvalue weighted by atomic mass is 32.1. The Morgan fingerprint density at radius 3 is 2.43 bits per heavy atom. The summed E-state index contributed by atoms with van der Waals surface area (Å²) in [6.07, 6.45) is 5.33.